The number of urea groups is 1. The summed E-state index contributed by atoms with van der Waals surface area (Å²) in [5.74, 6) is -3.03. The third-order valence-corrected chi connectivity index (χ3v) is 4.87. The Morgan fingerprint density at radius 1 is 0.939 bits per heavy atom. The van der Waals surface area contributed by atoms with Crippen LogP contribution in [0.1, 0.15) is 26.3 Å². The molecule has 0 spiro atoms. The lowest BCUT2D eigenvalue weighted by atomic mass is 10.0. The number of amides is 5. The van der Waals surface area contributed by atoms with Crippen molar-refractivity contribution in [1.29, 1.82) is 0 Å². The Labute approximate surface area is 189 Å². The Kier molecular flexibility index (Phi) is 7.87. The summed E-state index contributed by atoms with van der Waals surface area (Å²) in [6, 6.07) is 13.0. The highest BCUT2D eigenvalue weighted by molar-refractivity contribution is 6.22. The number of carbonyl (C=O) groups is 5. The number of nitrogens with one attached hydrogen (secondary N) is 2. The fourth-order valence-corrected chi connectivity index (χ4v) is 3.31. The molecular formula is C23H23N3O7. The summed E-state index contributed by atoms with van der Waals surface area (Å²) >= 11 is 0. The SMILES string of the molecule is COCCNC(=O)NC(=O)COC(=O)[C@H](Cc1ccccc1)N1C(=O)c2ccccc2C1=O. The van der Waals surface area contributed by atoms with Crippen molar-refractivity contribution in [3.63, 3.8) is 0 Å². The molecular weight excluding hydrogens is 430 g/mol. The molecule has 1 atom stereocenters. The molecule has 1 aliphatic heterocycles. The average molecular weight is 453 g/mol. The van der Waals surface area contributed by atoms with Gasteiger partial charge in [0.05, 0.1) is 17.7 Å². The van der Waals surface area contributed by atoms with Crippen molar-refractivity contribution in [2.75, 3.05) is 26.9 Å². The van der Waals surface area contributed by atoms with E-state index >= 15 is 0 Å². The van der Waals surface area contributed by atoms with Crippen LogP contribution in [-0.2, 0) is 25.5 Å². The van der Waals surface area contributed by atoms with Gasteiger partial charge in [0.1, 0.15) is 6.04 Å². The minimum atomic E-state index is -1.29. The van der Waals surface area contributed by atoms with Crippen LogP contribution in [0.4, 0.5) is 4.79 Å². The molecule has 5 amide bonds. The zero-order chi connectivity index (χ0) is 23.8. The number of methoxy groups -OCH3 is 1. The van der Waals surface area contributed by atoms with E-state index in [4.69, 9.17) is 9.47 Å². The quantitative estimate of drug-likeness (QED) is 0.328. The van der Waals surface area contributed by atoms with E-state index in [0.717, 1.165) is 4.90 Å². The van der Waals surface area contributed by atoms with Crippen molar-refractivity contribution >= 4 is 29.7 Å². The first-order valence-electron chi connectivity index (χ1n) is 10.2. The summed E-state index contributed by atoms with van der Waals surface area (Å²) in [6.07, 6.45) is 0.00423. The molecule has 1 heterocycles. The summed E-state index contributed by atoms with van der Waals surface area (Å²) in [5.41, 5.74) is 1.08. The number of hydrogen-bond donors (Lipinski definition) is 2. The van der Waals surface area contributed by atoms with Gasteiger partial charge in [0.25, 0.3) is 17.7 Å². The van der Waals surface area contributed by atoms with Gasteiger partial charge in [-0.25, -0.2) is 9.59 Å². The van der Waals surface area contributed by atoms with Crippen LogP contribution in [-0.4, -0.2) is 67.5 Å². The van der Waals surface area contributed by atoms with Crippen molar-refractivity contribution in [1.82, 2.24) is 15.5 Å². The number of benzene rings is 2. The summed E-state index contributed by atoms with van der Waals surface area (Å²) in [6.45, 7) is -0.308. The van der Waals surface area contributed by atoms with Crippen LogP contribution in [0, 0.1) is 0 Å². The van der Waals surface area contributed by atoms with Crippen molar-refractivity contribution in [2.24, 2.45) is 0 Å². The lowest BCUT2D eigenvalue weighted by Gasteiger charge is -2.24. The largest absolute Gasteiger partial charge is 0.454 e. The van der Waals surface area contributed by atoms with Gasteiger partial charge < -0.3 is 14.8 Å². The summed E-state index contributed by atoms with van der Waals surface area (Å²) in [5, 5.41) is 4.40. The predicted molar refractivity (Wildman–Crippen MR) is 115 cm³/mol. The maximum atomic E-state index is 12.9. The molecule has 2 aromatic carbocycles. The third-order valence-electron chi connectivity index (χ3n) is 4.87. The van der Waals surface area contributed by atoms with Crippen molar-refractivity contribution in [3.05, 3.63) is 71.3 Å². The molecule has 0 aromatic heterocycles. The van der Waals surface area contributed by atoms with Gasteiger partial charge in [0.2, 0.25) is 0 Å². The Hall–Kier alpha value is -4.05. The molecule has 10 heteroatoms. The molecule has 0 saturated carbocycles. The second-order valence-electron chi connectivity index (χ2n) is 7.14. The molecule has 3 rings (SSSR count). The first-order valence-corrected chi connectivity index (χ1v) is 10.2. The van der Waals surface area contributed by atoms with Crippen LogP contribution >= 0.6 is 0 Å². The third kappa shape index (κ3) is 5.80. The second-order valence-corrected chi connectivity index (χ2v) is 7.14. The zero-order valence-electron chi connectivity index (χ0n) is 17.9. The highest BCUT2D eigenvalue weighted by atomic mass is 16.5. The lowest BCUT2D eigenvalue weighted by molar-refractivity contribution is -0.152. The number of carbonyl (C=O) groups excluding carboxylic acids is 5. The predicted octanol–water partition coefficient (Wildman–Crippen LogP) is 0.909. The van der Waals surface area contributed by atoms with Crippen LogP contribution in [0.3, 0.4) is 0 Å². The van der Waals surface area contributed by atoms with Gasteiger partial charge in [-0.2, -0.15) is 0 Å². The molecule has 10 nitrogen and oxygen atoms in total. The molecule has 0 bridgehead atoms. The van der Waals surface area contributed by atoms with E-state index in [1.165, 1.54) is 19.2 Å². The van der Waals surface area contributed by atoms with Crippen LogP contribution < -0.4 is 10.6 Å². The molecule has 0 saturated heterocycles. The Bertz CT molecular complexity index is 1020. The highest BCUT2D eigenvalue weighted by Gasteiger charge is 2.43. The maximum Gasteiger partial charge on any atom is 0.330 e. The van der Waals surface area contributed by atoms with E-state index < -0.39 is 42.4 Å². The standard InChI is InChI=1S/C23H23N3O7/c1-32-12-11-24-23(31)25-19(27)14-33-22(30)18(13-15-7-3-2-4-8-15)26-20(28)16-9-5-6-10-17(16)21(26)29/h2-10,18H,11-14H2,1H3,(H2,24,25,27,31)/t18-/m0/s1. The molecule has 1 aliphatic rings. The van der Waals surface area contributed by atoms with Crippen molar-refractivity contribution < 1.29 is 33.4 Å². The van der Waals surface area contributed by atoms with E-state index in [0.29, 0.717) is 5.56 Å². The number of ether oxygens (including phenoxy) is 2. The Morgan fingerprint density at radius 3 is 2.15 bits per heavy atom. The van der Waals surface area contributed by atoms with E-state index in [1.54, 1.807) is 42.5 Å². The van der Waals surface area contributed by atoms with E-state index in [9.17, 15) is 24.0 Å². The van der Waals surface area contributed by atoms with Crippen LogP contribution in [0.5, 0.6) is 0 Å². The molecule has 0 unspecified atom stereocenters. The van der Waals surface area contributed by atoms with Gasteiger partial charge in [-0.1, -0.05) is 42.5 Å². The monoisotopic (exact) mass is 453 g/mol. The number of esters is 1. The van der Waals surface area contributed by atoms with E-state index in [-0.39, 0.29) is 30.7 Å². The van der Waals surface area contributed by atoms with Gasteiger partial charge in [0.15, 0.2) is 6.61 Å². The Morgan fingerprint density at radius 2 is 1.55 bits per heavy atom. The Balaban J connectivity index is 1.70. The molecule has 0 aliphatic carbocycles. The average Bonchev–Trinajstić information content (AvgIpc) is 3.07. The van der Waals surface area contributed by atoms with Gasteiger partial charge in [-0.15, -0.1) is 0 Å². The highest BCUT2D eigenvalue weighted by Crippen LogP contribution is 2.26. The van der Waals surface area contributed by atoms with Gasteiger partial charge >= 0.3 is 12.0 Å². The van der Waals surface area contributed by atoms with Gasteiger partial charge in [-0.3, -0.25) is 24.6 Å². The summed E-state index contributed by atoms with van der Waals surface area (Å²) in [7, 11) is 1.46. The number of rotatable bonds is 9. The first kappa shape index (κ1) is 23.6. The van der Waals surface area contributed by atoms with Gasteiger partial charge in [-0.05, 0) is 17.7 Å². The maximum absolute atomic E-state index is 12.9. The lowest BCUT2D eigenvalue weighted by Crippen LogP contribution is -2.48. The smallest absolute Gasteiger partial charge is 0.330 e. The number of hydrogen-bond acceptors (Lipinski definition) is 7. The minimum Gasteiger partial charge on any atom is -0.454 e. The molecule has 172 valence electrons. The first-order chi connectivity index (χ1) is 15.9. The zero-order valence-corrected chi connectivity index (χ0v) is 17.9. The van der Waals surface area contributed by atoms with Crippen LogP contribution in [0.2, 0.25) is 0 Å². The summed E-state index contributed by atoms with van der Waals surface area (Å²) < 4.78 is 9.86. The molecule has 2 aromatic rings. The normalized spacial score (nSPS) is 13.3. The van der Waals surface area contributed by atoms with Crippen molar-refractivity contribution in [3.8, 4) is 0 Å². The topological polar surface area (TPSA) is 131 Å². The fourth-order valence-electron chi connectivity index (χ4n) is 3.31. The molecule has 33 heavy (non-hydrogen) atoms. The number of imide groups is 2. The van der Waals surface area contributed by atoms with Crippen molar-refractivity contribution in [2.45, 2.75) is 12.5 Å². The molecule has 0 fully saturated rings. The number of fused-ring (bicyclic) bond motifs is 1. The van der Waals surface area contributed by atoms with E-state index in [1.807, 2.05) is 5.32 Å². The van der Waals surface area contributed by atoms with Crippen LogP contribution in [0.15, 0.2) is 54.6 Å². The summed E-state index contributed by atoms with van der Waals surface area (Å²) in [4.78, 5) is 63.2. The van der Waals surface area contributed by atoms with Gasteiger partial charge in [0, 0.05) is 20.1 Å². The number of nitrogens with zero attached hydrogens (tertiary/aromatic N) is 1. The molecule has 2 N–H and O–H groups in total. The second kappa shape index (κ2) is 11.0. The minimum absolute atomic E-state index is 0.00423. The van der Waals surface area contributed by atoms with Crippen LogP contribution in [0.25, 0.3) is 0 Å². The fraction of sp³-hybridized carbons (Fsp3) is 0.261. The van der Waals surface area contributed by atoms with E-state index in [2.05, 4.69) is 5.32 Å². The molecule has 0 radical (unpaired) electrons.